The third kappa shape index (κ3) is 0.980. The predicted octanol–water partition coefficient (Wildman–Crippen LogP) is 1.46. The Morgan fingerprint density at radius 3 is 2.75 bits per heavy atom. The number of carbonyl (C=O) groups excluding carboxylic acids is 1. The van der Waals surface area contributed by atoms with Gasteiger partial charge in [-0.15, -0.1) is 0 Å². The molecular weight excluding hydrogens is 170 g/mol. The van der Waals surface area contributed by atoms with Crippen molar-refractivity contribution in [1.82, 2.24) is 3.59 Å². The van der Waals surface area contributed by atoms with Crippen LogP contribution in [-0.2, 0) is 0 Å². The fourth-order valence-corrected chi connectivity index (χ4v) is 0.810. The van der Waals surface area contributed by atoms with E-state index in [1.807, 2.05) is 0 Å². The second-order valence-corrected chi connectivity index (χ2v) is 2.23. The van der Waals surface area contributed by atoms with Crippen LogP contribution >= 0.6 is 16.1 Å². The summed E-state index contributed by atoms with van der Waals surface area (Å²) in [6.07, 6.45) is 4.24. The van der Waals surface area contributed by atoms with Gasteiger partial charge in [0, 0.05) is 18.0 Å². The minimum Gasteiger partial charge on any atom is -0.298 e. The van der Waals surface area contributed by atoms with Crippen molar-refractivity contribution < 1.29 is 4.79 Å². The number of hydrogen-bond acceptors (Lipinski definition) is 1. The van der Waals surface area contributed by atoms with E-state index in [0.29, 0.717) is 5.56 Å². The molecule has 0 aliphatic rings. The summed E-state index contributed by atoms with van der Waals surface area (Å²) in [4.78, 5) is 9.99. The Balaban J connectivity index is 3.00. The molecule has 0 bridgehead atoms. The van der Waals surface area contributed by atoms with E-state index in [2.05, 4.69) is 16.1 Å². The van der Waals surface area contributed by atoms with Crippen LogP contribution in [0.25, 0.3) is 0 Å². The van der Waals surface area contributed by atoms with Crippen LogP contribution in [-0.4, -0.2) is 9.88 Å². The van der Waals surface area contributed by atoms with Gasteiger partial charge in [-0.25, -0.2) is 0 Å². The normalized spacial score (nSPS) is 9.12. The quantitative estimate of drug-likeness (QED) is 0.590. The Hall–Kier alpha value is -0.570. The number of rotatable bonds is 1. The van der Waals surface area contributed by atoms with E-state index in [1.165, 1.54) is 0 Å². The van der Waals surface area contributed by atoms with Gasteiger partial charge in [-0.05, 0) is 6.07 Å². The van der Waals surface area contributed by atoms with Crippen LogP contribution in [0, 0.1) is 0 Å². The van der Waals surface area contributed by atoms with Crippen molar-refractivity contribution >= 4 is 22.4 Å². The van der Waals surface area contributed by atoms with E-state index in [0.717, 1.165) is 6.29 Å². The Kier molecular flexibility index (Phi) is 1.48. The second-order valence-electron chi connectivity index (χ2n) is 1.41. The van der Waals surface area contributed by atoms with E-state index >= 15 is 0 Å². The Labute approximate surface area is 55.5 Å². The van der Waals surface area contributed by atoms with Crippen LogP contribution in [0.3, 0.4) is 0 Å². The van der Waals surface area contributed by atoms with Gasteiger partial charge in [0.15, 0.2) is 6.29 Å². The third-order valence-corrected chi connectivity index (χ3v) is 1.26. The molecule has 1 heterocycles. The van der Waals surface area contributed by atoms with Crippen molar-refractivity contribution in [3.63, 3.8) is 0 Å². The summed E-state index contributed by atoms with van der Waals surface area (Å²) in [5.74, 6) is 0. The standard InChI is InChI=1S/C5H4BrNO/c6-7-2-1-5(3-7)4-8/h1-4H. The van der Waals surface area contributed by atoms with Gasteiger partial charge in [-0.1, -0.05) is 0 Å². The lowest BCUT2D eigenvalue weighted by atomic mass is 10.4. The molecule has 0 aromatic carbocycles. The first-order valence-corrected chi connectivity index (χ1v) is 2.83. The van der Waals surface area contributed by atoms with Crippen LogP contribution in [0.15, 0.2) is 18.5 Å². The lowest BCUT2D eigenvalue weighted by molar-refractivity contribution is 0.112. The lowest BCUT2D eigenvalue weighted by Gasteiger charge is -1.76. The van der Waals surface area contributed by atoms with Crippen molar-refractivity contribution in [2.24, 2.45) is 0 Å². The molecule has 0 aliphatic heterocycles. The molecule has 2 nitrogen and oxygen atoms in total. The number of carbonyl (C=O) groups is 1. The average molecular weight is 174 g/mol. The number of hydrogen-bond donors (Lipinski definition) is 0. The van der Waals surface area contributed by atoms with Crippen molar-refractivity contribution in [3.8, 4) is 0 Å². The van der Waals surface area contributed by atoms with Gasteiger partial charge in [0.25, 0.3) is 0 Å². The summed E-state index contributed by atoms with van der Waals surface area (Å²) in [5, 5.41) is 0. The lowest BCUT2D eigenvalue weighted by Crippen LogP contribution is -1.70. The van der Waals surface area contributed by atoms with Gasteiger partial charge in [-0.2, -0.15) is 0 Å². The summed E-state index contributed by atoms with van der Waals surface area (Å²) in [7, 11) is 0. The third-order valence-electron chi connectivity index (χ3n) is 0.818. The van der Waals surface area contributed by atoms with Crippen molar-refractivity contribution in [3.05, 3.63) is 24.0 Å². The molecule has 1 aromatic heterocycles. The SMILES string of the molecule is O=Cc1ccn(Br)c1. The number of aldehydes is 1. The van der Waals surface area contributed by atoms with Crippen molar-refractivity contribution in [2.75, 3.05) is 0 Å². The predicted molar refractivity (Wildman–Crippen MR) is 34.1 cm³/mol. The highest BCUT2D eigenvalue weighted by molar-refractivity contribution is 9.08. The molecule has 42 valence electrons. The smallest absolute Gasteiger partial charge is 0.151 e. The van der Waals surface area contributed by atoms with Crippen LogP contribution in [0.4, 0.5) is 0 Å². The Morgan fingerprint density at radius 1 is 1.75 bits per heavy atom. The summed E-state index contributed by atoms with van der Waals surface area (Å²) >= 11 is 3.13. The monoisotopic (exact) mass is 173 g/mol. The van der Waals surface area contributed by atoms with E-state index in [4.69, 9.17) is 0 Å². The summed E-state index contributed by atoms with van der Waals surface area (Å²) in [6.45, 7) is 0. The molecule has 3 heteroatoms. The first kappa shape index (κ1) is 5.56. The minimum atomic E-state index is 0.682. The maximum absolute atomic E-state index is 9.99. The fourth-order valence-electron chi connectivity index (χ4n) is 0.455. The zero-order valence-electron chi connectivity index (χ0n) is 4.04. The molecule has 0 unspecified atom stereocenters. The van der Waals surface area contributed by atoms with Gasteiger partial charge in [0.2, 0.25) is 0 Å². The summed E-state index contributed by atoms with van der Waals surface area (Å²) in [6, 6.07) is 1.72. The molecule has 0 radical (unpaired) electrons. The van der Waals surface area contributed by atoms with E-state index in [-0.39, 0.29) is 0 Å². The van der Waals surface area contributed by atoms with Gasteiger partial charge in [-0.3, -0.25) is 8.39 Å². The highest BCUT2D eigenvalue weighted by Crippen LogP contribution is 1.99. The number of nitrogens with zero attached hydrogens (tertiary/aromatic N) is 1. The summed E-state index contributed by atoms with van der Waals surface area (Å²) < 4.78 is 1.65. The van der Waals surface area contributed by atoms with E-state index < -0.39 is 0 Å². The second kappa shape index (κ2) is 2.13. The van der Waals surface area contributed by atoms with Crippen LogP contribution in [0.2, 0.25) is 0 Å². The molecule has 0 spiro atoms. The highest BCUT2D eigenvalue weighted by Gasteiger charge is 1.88. The molecule has 8 heavy (non-hydrogen) atoms. The topological polar surface area (TPSA) is 22.0 Å². The van der Waals surface area contributed by atoms with Crippen LogP contribution in [0.5, 0.6) is 0 Å². The van der Waals surface area contributed by atoms with E-state index in [9.17, 15) is 4.79 Å². The van der Waals surface area contributed by atoms with E-state index in [1.54, 1.807) is 22.1 Å². The molecule has 0 saturated heterocycles. The van der Waals surface area contributed by atoms with Gasteiger partial charge < -0.3 is 0 Å². The number of aromatic nitrogens is 1. The molecule has 0 fully saturated rings. The maximum atomic E-state index is 9.99. The molecule has 0 atom stereocenters. The zero-order valence-corrected chi connectivity index (χ0v) is 5.63. The van der Waals surface area contributed by atoms with Crippen molar-refractivity contribution in [2.45, 2.75) is 0 Å². The fraction of sp³-hybridized carbons (Fsp3) is 0. The highest BCUT2D eigenvalue weighted by atomic mass is 79.9. The van der Waals surface area contributed by atoms with Crippen molar-refractivity contribution in [1.29, 1.82) is 0 Å². The zero-order chi connectivity index (χ0) is 5.98. The Bertz CT molecular complexity index is 194. The van der Waals surface area contributed by atoms with Gasteiger partial charge in [0.05, 0.1) is 16.1 Å². The minimum absolute atomic E-state index is 0.682. The van der Waals surface area contributed by atoms with Gasteiger partial charge in [0.1, 0.15) is 0 Å². The molecular formula is C5H4BrNO. The van der Waals surface area contributed by atoms with Crippen LogP contribution < -0.4 is 0 Å². The first-order chi connectivity index (χ1) is 3.83. The Morgan fingerprint density at radius 2 is 2.50 bits per heavy atom. The summed E-state index contributed by atoms with van der Waals surface area (Å²) in [5.41, 5.74) is 0.682. The van der Waals surface area contributed by atoms with Crippen LogP contribution in [0.1, 0.15) is 10.4 Å². The van der Waals surface area contributed by atoms with Gasteiger partial charge >= 0.3 is 0 Å². The number of halogens is 1. The molecule has 1 aromatic rings. The first-order valence-electron chi connectivity index (χ1n) is 2.12. The molecule has 0 saturated carbocycles. The molecule has 0 amide bonds. The molecule has 0 aliphatic carbocycles. The average Bonchev–Trinajstić information content (AvgIpc) is 2.14. The largest absolute Gasteiger partial charge is 0.298 e. The maximum Gasteiger partial charge on any atom is 0.151 e. The molecule has 1 rings (SSSR count). The molecule has 0 N–H and O–H groups in total.